The number of nitrogens with two attached hydrogens (primary N) is 1. The fourth-order valence-corrected chi connectivity index (χ4v) is 4.02. The van der Waals surface area contributed by atoms with Gasteiger partial charge in [-0.05, 0) is 31.1 Å². The molecule has 21 heavy (non-hydrogen) atoms. The molecule has 0 aromatic carbocycles. The van der Waals surface area contributed by atoms with E-state index in [9.17, 15) is 0 Å². The minimum Gasteiger partial charge on any atom is -0.369 e. The minimum absolute atomic E-state index is 0.462. The fourth-order valence-electron chi connectivity index (χ4n) is 4.02. The normalized spacial score (nSPS) is 23.3. The molecule has 1 saturated carbocycles. The number of anilines is 1. The molecular formula is C16H27N5. The Morgan fingerprint density at radius 3 is 2.67 bits per heavy atom. The summed E-state index contributed by atoms with van der Waals surface area (Å²) >= 11 is 0. The quantitative estimate of drug-likeness (QED) is 0.943. The lowest BCUT2D eigenvalue weighted by Crippen LogP contribution is -2.28. The zero-order valence-corrected chi connectivity index (χ0v) is 13.6. The predicted molar refractivity (Wildman–Crippen MR) is 86.1 cm³/mol. The van der Waals surface area contributed by atoms with Gasteiger partial charge in [0, 0.05) is 13.1 Å². The highest BCUT2D eigenvalue weighted by Gasteiger charge is 2.32. The summed E-state index contributed by atoms with van der Waals surface area (Å²) in [5.41, 5.74) is 9.44. The van der Waals surface area contributed by atoms with Crippen molar-refractivity contribution in [1.29, 1.82) is 0 Å². The van der Waals surface area contributed by atoms with Gasteiger partial charge in [0.15, 0.2) is 5.65 Å². The van der Waals surface area contributed by atoms with E-state index in [1.165, 1.54) is 25.7 Å². The number of hydrogen-bond acceptors (Lipinski definition) is 3. The first kappa shape index (κ1) is 14.4. The molecule has 116 valence electrons. The van der Waals surface area contributed by atoms with Gasteiger partial charge in [0.1, 0.15) is 5.52 Å². The molecule has 2 atom stereocenters. The van der Waals surface area contributed by atoms with E-state index < -0.39 is 0 Å². The third-order valence-electron chi connectivity index (χ3n) is 5.07. The molecule has 1 fully saturated rings. The Morgan fingerprint density at radius 2 is 2.00 bits per heavy atom. The molecule has 0 aliphatic heterocycles. The third-order valence-corrected chi connectivity index (χ3v) is 5.07. The molecule has 0 bridgehead atoms. The van der Waals surface area contributed by atoms with Gasteiger partial charge in [0.25, 0.3) is 0 Å². The Hall–Kier alpha value is -1.52. The molecule has 2 unspecified atom stereocenters. The lowest BCUT2D eigenvalue weighted by molar-refractivity contribution is 0.188. The van der Waals surface area contributed by atoms with Crippen LogP contribution in [-0.2, 0) is 13.5 Å². The van der Waals surface area contributed by atoms with Gasteiger partial charge in [0.05, 0.1) is 5.69 Å². The van der Waals surface area contributed by atoms with E-state index >= 15 is 0 Å². The van der Waals surface area contributed by atoms with E-state index in [2.05, 4.69) is 35.4 Å². The first-order chi connectivity index (χ1) is 10.0. The molecule has 2 aromatic rings. The van der Waals surface area contributed by atoms with Crippen molar-refractivity contribution in [3.63, 3.8) is 0 Å². The van der Waals surface area contributed by atoms with Crippen LogP contribution in [0.5, 0.6) is 0 Å². The van der Waals surface area contributed by atoms with Crippen LogP contribution in [0.1, 0.15) is 58.2 Å². The molecule has 0 amide bonds. The largest absolute Gasteiger partial charge is 0.369 e. The van der Waals surface area contributed by atoms with Gasteiger partial charge in [-0.25, -0.2) is 4.98 Å². The number of nitrogen functional groups attached to an aromatic ring is 1. The van der Waals surface area contributed by atoms with Crippen molar-refractivity contribution in [1.82, 2.24) is 19.3 Å². The lowest BCUT2D eigenvalue weighted by atomic mass is 9.77. The summed E-state index contributed by atoms with van der Waals surface area (Å²) in [6.45, 7) is 6.77. The van der Waals surface area contributed by atoms with Gasteiger partial charge in [-0.3, -0.25) is 9.25 Å². The summed E-state index contributed by atoms with van der Waals surface area (Å²) in [7, 11) is 2.01. The highest BCUT2D eigenvalue weighted by Crippen LogP contribution is 2.41. The summed E-state index contributed by atoms with van der Waals surface area (Å²) in [5.74, 6) is 2.01. The van der Waals surface area contributed by atoms with Gasteiger partial charge in [0.2, 0.25) is 5.95 Å². The van der Waals surface area contributed by atoms with E-state index in [0.29, 0.717) is 23.8 Å². The number of hydrogen-bond donors (Lipinski definition) is 1. The van der Waals surface area contributed by atoms with Crippen LogP contribution in [0.25, 0.3) is 11.2 Å². The summed E-state index contributed by atoms with van der Waals surface area (Å²) in [5, 5.41) is 4.61. The van der Waals surface area contributed by atoms with Crippen molar-refractivity contribution in [3.05, 3.63) is 5.69 Å². The zero-order chi connectivity index (χ0) is 15.1. The van der Waals surface area contributed by atoms with Gasteiger partial charge in [-0.15, -0.1) is 0 Å². The van der Waals surface area contributed by atoms with E-state index in [1.54, 1.807) is 0 Å². The topological polar surface area (TPSA) is 61.7 Å². The summed E-state index contributed by atoms with van der Waals surface area (Å²) in [4.78, 5) is 4.63. The number of rotatable bonds is 3. The highest BCUT2D eigenvalue weighted by molar-refractivity contribution is 5.78. The van der Waals surface area contributed by atoms with Crippen LogP contribution < -0.4 is 5.73 Å². The average Bonchev–Trinajstić information content (AvgIpc) is 2.95. The fraction of sp³-hybridized carbons (Fsp3) is 0.750. The monoisotopic (exact) mass is 289 g/mol. The Labute approximate surface area is 126 Å². The summed E-state index contributed by atoms with van der Waals surface area (Å²) < 4.78 is 4.23. The summed E-state index contributed by atoms with van der Waals surface area (Å²) in [6.07, 6.45) is 6.01. The van der Waals surface area contributed by atoms with E-state index in [0.717, 1.165) is 23.3 Å². The van der Waals surface area contributed by atoms with E-state index in [1.807, 2.05) is 11.7 Å². The maximum Gasteiger partial charge on any atom is 0.202 e. The molecule has 2 aromatic heterocycles. The van der Waals surface area contributed by atoms with Crippen LogP contribution in [0.4, 0.5) is 5.95 Å². The SMILES string of the molecule is CCc1nn(C)c2c1nc(N)n2C1CCCCC1C(C)C. The van der Waals surface area contributed by atoms with Gasteiger partial charge >= 0.3 is 0 Å². The molecule has 0 spiro atoms. The van der Waals surface area contributed by atoms with Crippen LogP contribution in [0.3, 0.4) is 0 Å². The number of imidazole rings is 1. The van der Waals surface area contributed by atoms with Crippen molar-refractivity contribution in [2.75, 3.05) is 5.73 Å². The van der Waals surface area contributed by atoms with Gasteiger partial charge < -0.3 is 5.73 Å². The molecule has 2 N–H and O–H groups in total. The smallest absolute Gasteiger partial charge is 0.202 e. The third kappa shape index (κ3) is 2.23. The predicted octanol–water partition coefficient (Wildman–Crippen LogP) is 3.30. The van der Waals surface area contributed by atoms with Crippen LogP contribution in [0, 0.1) is 11.8 Å². The van der Waals surface area contributed by atoms with Crippen molar-refractivity contribution in [3.8, 4) is 0 Å². The maximum atomic E-state index is 6.29. The first-order valence-corrected chi connectivity index (χ1v) is 8.23. The van der Waals surface area contributed by atoms with Crippen LogP contribution in [0.15, 0.2) is 0 Å². The zero-order valence-electron chi connectivity index (χ0n) is 13.6. The first-order valence-electron chi connectivity index (χ1n) is 8.23. The van der Waals surface area contributed by atoms with E-state index in [-0.39, 0.29) is 0 Å². The minimum atomic E-state index is 0.462. The average molecular weight is 289 g/mol. The molecule has 5 heteroatoms. The lowest BCUT2D eigenvalue weighted by Gasteiger charge is -2.35. The van der Waals surface area contributed by atoms with Crippen molar-refractivity contribution >= 4 is 17.1 Å². The molecule has 0 saturated heterocycles. The second-order valence-electron chi connectivity index (χ2n) is 6.70. The number of fused-ring (bicyclic) bond motifs is 1. The molecule has 1 aliphatic rings. The Balaban J connectivity index is 2.14. The molecule has 2 heterocycles. The number of aromatic nitrogens is 4. The van der Waals surface area contributed by atoms with Crippen molar-refractivity contribution < 1.29 is 0 Å². The second kappa shape index (κ2) is 5.35. The van der Waals surface area contributed by atoms with Crippen molar-refractivity contribution in [2.45, 2.75) is 58.9 Å². The van der Waals surface area contributed by atoms with E-state index in [4.69, 9.17) is 5.73 Å². The standard InChI is InChI=1S/C16H27N5/c1-5-12-14-15(20(4)19-12)21(16(17)18-14)13-9-7-6-8-11(13)10(2)3/h10-11,13H,5-9H2,1-4H3,(H2,17,18). The van der Waals surface area contributed by atoms with Crippen molar-refractivity contribution in [2.24, 2.45) is 18.9 Å². The second-order valence-corrected chi connectivity index (χ2v) is 6.70. The van der Waals surface area contributed by atoms with Gasteiger partial charge in [-0.1, -0.05) is 33.6 Å². The number of aryl methyl sites for hydroxylation is 2. The Bertz CT molecular complexity index is 637. The molecule has 0 radical (unpaired) electrons. The Kier molecular flexibility index (Phi) is 3.68. The molecular weight excluding hydrogens is 262 g/mol. The van der Waals surface area contributed by atoms with Gasteiger partial charge in [-0.2, -0.15) is 5.10 Å². The highest BCUT2D eigenvalue weighted by atomic mass is 15.4. The molecule has 3 rings (SSSR count). The molecule has 5 nitrogen and oxygen atoms in total. The van der Waals surface area contributed by atoms with Crippen LogP contribution >= 0.6 is 0 Å². The van der Waals surface area contributed by atoms with Crippen LogP contribution in [0.2, 0.25) is 0 Å². The van der Waals surface area contributed by atoms with Crippen LogP contribution in [-0.4, -0.2) is 19.3 Å². The molecule has 1 aliphatic carbocycles. The number of nitrogens with zero attached hydrogens (tertiary/aromatic N) is 4. The Morgan fingerprint density at radius 1 is 1.29 bits per heavy atom. The maximum absolute atomic E-state index is 6.29. The summed E-state index contributed by atoms with van der Waals surface area (Å²) in [6, 6.07) is 0.462.